The second-order valence-corrected chi connectivity index (χ2v) is 5.34. The Labute approximate surface area is 148 Å². The van der Waals surface area contributed by atoms with Gasteiger partial charge in [0.1, 0.15) is 0 Å². The number of benzene rings is 2. The molecule has 1 heterocycles. The van der Waals surface area contributed by atoms with Crippen molar-refractivity contribution in [3.8, 4) is 5.69 Å². The molecular formula is C17H16N6O3. The number of hydrogen-bond donors (Lipinski definition) is 2. The Balaban J connectivity index is 1.47. The van der Waals surface area contributed by atoms with Crippen LogP contribution in [0.3, 0.4) is 0 Å². The lowest BCUT2D eigenvalue weighted by Crippen LogP contribution is -2.29. The number of nitrogens with zero attached hydrogens (tertiary/aromatic N) is 4. The summed E-state index contributed by atoms with van der Waals surface area (Å²) in [6.45, 7) is 0.838. The molecule has 0 bridgehead atoms. The van der Waals surface area contributed by atoms with Crippen LogP contribution in [0.15, 0.2) is 60.8 Å². The number of non-ortho nitro benzene ring substituents is 1. The van der Waals surface area contributed by atoms with Crippen molar-refractivity contribution in [2.75, 3.05) is 18.4 Å². The van der Waals surface area contributed by atoms with Crippen LogP contribution < -0.4 is 10.6 Å². The van der Waals surface area contributed by atoms with Gasteiger partial charge in [0, 0.05) is 30.9 Å². The van der Waals surface area contributed by atoms with E-state index in [1.54, 1.807) is 12.1 Å². The Bertz CT molecular complexity index is 892. The first-order valence-corrected chi connectivity index (χ1v) is 7.88. The molecule has 0 spiro atoms. The maximum absolute atomic E-state index is 12.1. The van der Waals surface area contributed by atoms with Gasteiger partial charge in [-0.05, 0) is 24.3 Å². The van der Waals surface area contributed by atoms with Gasteiger partial charge in [0.05, 0.1) is 16.8 Å². The fraction of sp³-hybridized carbons (Fsp3) is 0.118. The van der Waals surface area contributed by atoms with Crippen LogP contribution >= 0.6 is 0 Å². The number of carbonyl (C=O) groups is 1. The third-order valence-corrected chi connectivity index (χ3v) is 3.53. The van der Waals surface area contributed by atoms with Crippen LogP contribution in [-0.4, -0.2) is 38.9 Å². The highest BCUT2D eigenvalue weighted by molar-refractivity contribution is 5.91. The first-order valence-electron chi connectivity index (χ1n) is 7.88. The number of rotatable bonds is 7. The lowest BCUT2D eigenvalue weighted by molar-refractivity contribution is -0.384. The highest BCUT2D eigenvalue weighted by atomic mass is 16.6. The summed E-state index contributed by atoms with van der Waals surface area (Å²) in [6, 6.07) is 15.4. The van der Waals surface area contributed by atoms with Crippen LogP contribution in [0.5, 0.6) is 0 Å². The van der Waals surface area contributed by atoms with Crippen molar-refractivity contribution in [3.63, 3.8) is 0 Å². The van der Waals surface area contributed by atoms with E-state index in [-0.39, 0.29) is 17.3 Å². The third-order valence-electron chi connectivity index (χ3n) is 3.53. The van der Waals surface area contributed by atoms with Crippen LogP contribution in [0.1, 0.15) is 10.5 Å². The number of nitro groups is 1. The zero-order chi connectivity index (χ0) is 18.4. The summed E-state index contributed by atoms with van der Waals surface area (Å²) in [7, 11) is 0. The molecule has 3 rings (SSSR count). The largest absolute Gasteiger partial charge is 0.383 e. The molecule has 1 amide bonds. The van der Waals surface area contributed by atoms with E-state index in [1.165, 1.54) is 23.1 Å². The summed E-state index contributed by atoms with van der Waals surface area (Å²) in [5, 5.41) is 24.6. The number of para-hydroxylation sites is 1. The minimum atomic E-state index is -0.452. The number of nitro benzene ring substituents is 1. The van der Waals surface area contributed by atoms with Crippen LogP contribution in [-0.2, 0) is 0 Å². The predicted octanol–water partition coefficient (Wildman–Crippen LogP) is 2.02. The van der Waals surface area contributed by atoms with E-state index in [2.05, 4.69) is 20.8 Å². The van der Waals surface area contributed by atoms with Crippen LogP contribution in [0.25, 0.3) is 5.69 Å². The van der Waals surface area contributed by atoms with Gasteiger partial charge < -0.3 is 10.6 Å². The molecule has 9 heteroatoms. The predicted molar refractivity (Wildman–Crippen MR) is 95.3 cm³/mol. The molecule has 0 aliphatic carbocycles. The Morgan fingerprint density at radius 3 is 2.50 bits per heavy atom. The molecule has 0 radical (unpaired) electrons. The average molecular weight is 352 g/mol. The highest BCUT2D eigenvalue weighted by Crippen LogP contribution is 2.14. The standard InChI is InChI=1S/C17H16N6O3/c24-17(16-12-20-22(21-16)14-4-2-1-3-5-14)19-11-10-18-13-6-8-15(9-7-13)23(25)26/h1-9,12,18H,10-11H2,(H,19,24). The molecule has 132 valence electrons. The quantitative estimate of drug-likeness (QED) is 0.382. The summed E-state index contributed by atoms with van der Waals surface area (Å²) < 4.78 is 0. The molecule has 2 N–H and O–H groups in total. The smallest absolute Gasteiger partial charge is 0.273 e. The van der Waals surface area contributed by atoms with Gasteiger partial charge in [-0.1, -0.05) is 18.2 Å². The van der Waals surface area contributed by atoms with E-state index in [0.29, 0.717) is 13.1 Å². The van der Waals surface area contributed by atoms with Crippen LogP contribution in [0.2, 0.25) is 0 Å². The second kappa shape index (κ2) is 7.88. The second-order valence-electron chi connectivity index (χ2n) is 5.34. The monoisotopic (exact) mass is 352 g/mol. The van der Waals surface area contributed by atoms with Gasteiger partial charge in [-0.2, -0.15) is 9.90 Å². The Morgan fingerprint density at radius 1 is 1.08 bits per heavy atom. The number of anilines is 1. The molecule has 9 nitrogen and oxygen atoms in total. The van der Waals surface area contributed by atoms with Crippen molar-refractivity contribution in [2.24, 2.45) is 0 Å². The van der Waals surface area contributed by atoms with Crippen molar-refractivity contribution in [1.82, 2.24) is 20.3 Å². The maximum Gasteiger partial charge on any atom is 0.273 e. The zero-order valence-corrected chi connectivity index (χ0v) is 13.7. The summed E-state index contributed by atoms with van der Waals surface area (Å²) in [6.07, 6.45) is 1.41. The minimum Gasteiger partial charge on any atom is -0.383 e. The molecule has 0 unspecified atom stereocenters. The van der Waals surface area contributed by atoms with Gasteiger partial charge in [-0.3, -0.25) is 14.9 Å². The van der Waals surface area contributed by atoms with Crippen LogP contribution in [0, 0.1) is 10.1 Å². The lowest BCUT2D eigenvalue weighted by atomic mass is 10.3. The number of aromatic nitrogens is 3. The third kappa shape index (κ3) is 4.20. The fourth-order valence-corrected chi connectivity index (χ4v) is 2.23. The topological polar surface area (TPSA) is 115 Å². The molecule has 1 aromatic heterocycles. The summed E-state index contributed by atoms with van der Waals surface area (Å²) in [5.74, 6) is -0.322. The minimum absolute atomic E-state index is 0.0327. The lowest BCUT2D eigenvalue weighted by Gasteiger charge is -2.06. The maximum atomic E-state index is 12.1. The van der Waals surface area contributed by atoms with Crippen molar-refractivity contribution in [2.45, 2.75) is 0 Å². The molecule has 0 saturated heterocycles. The molecule has 3 aromatic rings. The average Bonchev–Trinajstić information content (AvgIpc) is 3.16. The van der Waals surface area contributed by atoms with Gasteiger partial charge in [0.2, 0.25) is 0 Å². The zero-order valence-electron chi connectivity index (χ0n) is 13.7. The van der Waals surface area contributed by atoms with Crippen molar-refractivity contribution in [3.05, 3.63) is 76.6 Å². The number of nitrogens with one attached hydrogen (secondary N) is 2. The van der Waals surface area contributed by atoms with Gasteiger partial charge >= 0.3 is 0 Å². The molecule has 0 saturated carbocycles. The Hall–Kier alpha value is -3.75. The van der Waals surface area contributed by atoms with E-state index >= 15 is 0 Å². The molecule has 0 fully saturated rings. The van der Waals surface area contributed by atoms with E-state index < -0.39 is 4.92 Å². The van der Waals surface area contributed by atoms with E-state index in [1.807, 2.05) is 30.3 Å². The number of carbonyl (C=O) groups excluding carboxylic acids is 1. The van der Waals surface area contributed by atoms with Crippen molar-refractivity contribution < 1.29 is 9.72 Å². The van der Waals surface area contributed by atoms with Gasteiger partial charge in [-0.25, -0.2) is 0 Å². The summed E-state index contributed by atoms with van der Waals surface area (Å²) >= 11 is 0. The summed E-state index contributed by atoms with van der Waals surface area (Å²) in [5.41, 5.74) is 1.76. The van der Waals surface area contributed by atoms with Crippen LogP contribution in [0.4, 0.5) is 11.4 Å². The molecule has 0 aliphatic heterocycles. The van der Waals surface area contributed by atoms with Gasteiger partial charge in [0.25, 0.3) is 11.6 Å². The normalized spacial score (nSPS) is 10.3. The number of hydrogen-bond acceptors (Lipinski definition) is 6. The fourth-order valence-electron chi connectivity index (χ4n) is 2.23. The first kappa shape index (κ1) is 17.1. The molecule has 26 heavy (non-hydrogen) atoms. The number of amides is 1. The Kier molecular flexibility index (Phi) is 5.18. The molecule has 0 atom stereocenters. The Morgan fingerprint density at radius 2 is 1.81 bits per heavy atom. The SMILES string of the molecule is O=C(NCCNc1ccc([N+](=O)[O-])cc1)c1cnn(-c2ccccc2)n1. The van der Waals surface area contributed by atoms with E-state index in [9.17, 15) is 14.9 Å². The summed E-state index contributed by atoms with van der Waals surface area (Å²) in [4.78, 5) is 23.6. The van der Waals surface area contributed by atoms with Crippen molar-refractivity contribution in [1.29, 1.82) is 0 Å². The van der Waals surface area contributed by atoms with Gasteiger partial charge in [0.15, 0.2) is 5.69 Å². The molecule has 2 aromatic carbocycles. The molecule has 0 aliphatic rings. The first-order chi connectivity index (χ1) is 12.6. The van der Waals surface area contributed by atoms with Crippen molar-refractivity contribution >= 4 is 17.3 Å². The highest BCUT2D eigenvalue weighted by Gasteiger charge is 2.10. The van der Waals surface area contributed by atoms with E-state index in [4.69, 9.17) is 0 Å². The molecular weight excluding hydrogens is 336 g/mol. The van der Waals surface area contributed by atoms with E-state index in [0.717, 1.165) is 11.4 Å². The van der Waals surface area contributed by atoms with Gasteiger partial charge in [-0.15, -0.1) is 5.10 Å².